The van der Waals surface area contributed by atoms with Gasteiger partial charge in [0, 0.05) is 6.42 Å². The lowest BCUT2D eigenvalue weighted by Gasteiger charge is -2.24. The fraction of sp³-hybridized carbons (Fsp3) is 0.889. The van der Waals surface area contributed by atoms with E-state index in [-0.39, 0.29) is 12.3 Å². The number of carbonyl (C=O) groups is 1. The molecule has 2 nitrogen and oxygen atoms in total. The van der Waals surface area contributed by atoms with Crippen LogP contribution < -0.4 is 5.73 Å². The maximum atomic E-state index is 10.8. The molecule has 1 rings (SSSR count). The van der Waals surface area contributed by atoms with E-state index < -0.39 is 0 Å². The first kappa shape index (κ1) is 8.72. The van der Waals surface area contributed by atoms with Gasteiger partial charge < -0.3 is 5.73 Å². The first-order valence-corrected chi connectivity index (χ1v) is 4.54. The Bertz CT molecular complexity index is 130. The smallest absolute Gasteiger partial charge is 0.146 e. The van der Waals surface area contributed by atoms with Crippen LogP contribution in [0.2, 0.25) is 0 Å². The van der Waals surface area contributed by atoms with Gasteiger partial charge in [0.05, 0.1) is 6.54 Å². The van der Waals surface area contributed by atoms with Gasteiger partial charge in [-0.05, 0) is 12.3 Å². The summed E-state index contributed by atoms with van der Waals surface area (Å²) in [6.07, 6.45) is 7.17. The first-order chi connectivity index (χ1) is 5.33. The zero-order chi connectivity index (χ0) is 8.10. The van der Waals surface area contributed by atoms with E-state index in [0.717, 1.165) is 12.3 Å². The topological polar surface area (TPSA) is 43.1 Å². The Kier molecular flexibility index (Phi) is 3.57. The minimum atomic E-state index is 0.212. The molecule has 0 aromatic rings. The molecule has 1 fully saturated rings. The molecule has 11 heavy (non-hydrogen) atoms. The highest BCUT2D eigenvalue weighted by atomic mass is 16.1. The molecule has 0 aliphatic heterocycles. The van der Waals surface area contributed by atoms with Crippen LogP contribution in [0.5, 0.6) is 0 Å². The van der Waals surface area contributed by atoms with Crippen molar-refractivity contribution in [2.24, 2.45) is 11.7 Å². The highest BCUT2D eigenvalue weighted by molar-refractivity contribution is 5.80. The lowest BCUT2D eigenvalue weighted by Crippen LogP contribution is -2.15. The average Bonchev–Trinajstić information content (AvgIpc) is 1.94. The first-order valence-electron chi connectivity index (χ1n) is 4.54. The molecule has 0 amide bonds. The van der Waals surface area contributed by atoms with Crippen molar-refractivity contribution in [2.75, 3.05) is 6.54 Å². The molecule has 0 aromatic heterocycles. The average molecular weight is 155 g/mol. The highest BCUT2D eigenvalue weighted by Gasteiger charge is 2.16. The maximum absolute atomic E-state index is 10.8. The van der Waals surface area contributed by atoms with Crippen LogP contribution in [0.25, 0.3) is 0 Å². The van der Waals surface area contributed by atoms with E-state index in [0.29, 0.717) is 6.42 Å². The van der Waals surface area contributed by atoms with E-state index in [1.807, 2.05) is 0 Å². The number of ketones is 1. The Hall–Kier alpha value is -0.370. The molecule has 1 aliphatic rings. The summed E-state index contributed by atoms with van der Waals surface area (Å²) in [6.45, 7) is 0.227. The third-order valence-corrected chi connectivity index (χ3v) is 2.52. The predicted octanol–water partition coefficient (Wildman–Crippen LogP) is 1.48. The molecule has 64 valence electrons. The molecular weight excluding hydrogens is 138 g/mol. The molecule has 0 bridgehead atoms. The van der Waals surface area contributed by atoms with E-state index >= 15 is 0 Å². The fourth-order valence-electron chi connectivity index (χ4n) is 1.47. The molecule has 0 saturated heterocycles. The molecule has 0 aromatic carbocycles. The van der Waals surface area contributed by atoms with Crippen molar-refractivity contribution < 1.29 is 4.79 Å². The minimum absolute atomic E-state index is 0.212. The van der Waals surface area contributed by atoms with Gasteiger partial charge in [-0.2, -0.15) is 0 Å². The Balaban J connectivity index is 1.90. The molecule has 0 heterocycles. The fourth-order valence-corrected chi connectivity index (χ4v) is 1.47. The van der Waals surface area contributed by atoms with Crippen LogP contribution in [0.4, 0.5) is 0 Å². The quantitative estimate of drug-likeness (QED) is 0.653. The maximum Gasteiger partial charge on any atom is 0.146 e. The molecule has 0 atom stereocenters. The molecule has 2 heteroatoms. The second-order valence-electron chi connectivity index (χ2n) is 3.43. The summed E-state index contributed by atoms with van der Waals surface area (Å²) in [5, 5.41) is 0. The minimum Gasteiger partial charge on any atom is -0.324 e. The molecule has 1 aliphatic carbocycles. The third kappa shape index (κ3) is 3.02. The number of Topliss-reactive ketones (excluding diaryl/α,β-unsaturated/α-hetero) is 1. The van der Waals surface area contributed by atoms with Gasteiger partial charge in [-0.1, -0.05) is 25.7 Å². The van der Waals surface area contributed by atoms with Crippen LogP contribution >= 0.6 is 0 Å². The summed E-state index contributed by atoms with van der Waals surface area (Å²) in [4.78, 5) is 10.8. The van der Waals surface area contributed by atoms with Crippen molar-refractivity contribution in [1.29, 1.82) is 0 Å². The van der Waals surface area contributed by atoms with E-state index in [1.165, 1.54) is 25.7 Å². The van der Waals surface area contributed by atoms with Crippen LogP contribution in [0.1, 0.15) is 38.5 Å². The van der Waals surface area contributed by atoms with Crippen molar-refractivity contribution >= 4 is 5.78 Å². The lowest BCUT2D eigenvalue weighted by atomic mass is 9.82. The molecule has 2 N–H and O–H groups in total. The number of carbonyl (C=O) groups excluding carboxylic acids is 1. The van der Waals surface area contributed by atoms with Gasteiger partial charge in [0.15, 0.2) is 0 Å². The van der Waals surface area contributed by atoms with Gasteiger partial charge in [-0.3, -0.25) is 4.79 Å². The zero-order valence-electron chi connectivity index (χ0n) is 7.01. The van der Waals surface area contributed by atoms with E-state index in [2.05, 4.69) is 0 Å². The summed E-state index contributed by atoms with van der Waals surface area (Å²) >= 11 is 0. The normalized spacial score (nSPS) is 17.9. The van der Waals surface area contributed by atoms with Gasteiger partial charge in [0.1, 0.15) is 5.78 Å². The van der Waals surface area contributed by atoms with E-state index in [1.54, 1.807) is 0 Å². The van der Waals surface area contributed by atoms with Gasteiger partial charge in [-0.25, -0.2) is 0 Å². The van der Waals surface area contributed by atoms with E-state index in [9.17, 15) is 4.79 Å². The van der Waals surface area contributed by atoms with Crippen molar-refractivity contribution in [3.63, 3.8) is 0 Å². The van der Waals surface area contributed by atoms with Crippen LogP contribution in [0, 0.1) is 5.92 Å². The van der Waals surface area contributed by atoms with E-state index in [4.69, 9.17) is 5.73 Å². The number of hydrogen-bond acceptors (Lipinski definition) is 2. The second kappa shape index (κ2) is 4.50. The predicted molar refractivity (Wildman–Crippen MR) is 45.3 cm³/mol. The summed E-state index contributed by atoms with van der Waals surface area (Å²) in [6, 6.07) is 0. The summed E-state index contributed by atoms with van der Waals surface area (Å²) in [5.41, 5.74) is 5.19. The third-order valence-electron chi connectivity index (χ3n) is 2.52. The van der Waals surface area contributed by atoms with Crippen LogP contribution in [0.15, 0.2) is 0 Å². The van der Waals surface area contributed by atoms with Gasteiger partial charge >= 0.3 is 0 Å². The lowest BCUT2D eigenvalue weighted by molar-refractivity contribution is -0.117. The Morgan fingerprint density at radius 3 is 2.64 bits per heavy atom. The summed E-state index contributed by atoms with van der Waals surface area (Å²) < 4.78 is 0. The molecule has 0 radical (unpaired) electrons. The number of nitrogens with two attached hydrogens (primary N) is 1. The summed E-state index contributed by atoms with van der Waals surface area (Å²) in [5.74, 6) is 1.14. The number of rotatable bonds is 5. The standard InChI is InChI=1S/C9H17NO/c10-7-9(11)6-2-5-8-3-1-4-8/h8H,1-7,10H2. The SMILES string of the molecule is NCC(=O)CCCC1CCC1. The van der Waals surface area contributed by atoms with Gasteiger partial charge in [0.2, 0.25) is 0 Å². The molecular formula is C9H17NO. The number of hydrogen-bond donors (Lipinski definition) is 1. The zero-order valence-corrected chi connectivity index (χ0v) is 7.01. The molecule has 0 unspecified atom stereocenters. The van der Waals surface area contributed by atoms with Crippen molar-refractivity contribution in [3.8, 4) is 0 Å². The molecule has 1 saturated carbocycles. The van der Waals surface area contributed by atoms with Crippen LogP contribution in [0.3, 0.4) is 0 Å². The Labute approximate surface area is 68.2 Å². The summed E-state index contributed by atoms with van der Waals surface area (Å²) in [7, 11) is 0. The monoisotopic (exact) mass is 155 g/mol. The van der Waals surface area contributed by atoms with Crippen molar-refractivity contribution in [2.45, 2.75) is 38.5 Å². The largest absolute Gasteiger partial charge is 0.324 e. The van der Waals surface area contributed by atoms with Crippen LogP contribution in [-0.4, -0.2) is 12.3 Å². The molecule has 0 spiro atoms. The van der Waals surface area contributed by atoms with Gasteiger partial charge in [-0.15, -0.1) is 0 Å². The van der Waals surface area contributed by atoms with Gasteiger partial charge in [0.25, 0.3) is 0 Å². The Morgan fingerprint density at radius 1 is 1.45 bits per heavy atom. The second-order valence-corrected chi connectivity index (χ2v) is 3.43. The Morgan fingerprint density at radius 2 is 2.18 bits per heavy atom. The highest BCUT2D eigenvalue weighted by Crippen LogP contribution is 2.30. The van der Waals surface area contributed by atoms with Crippen molar-refractivity contribution in [3.05, 3.63) is 0 Å². The van der Waals surface area contributed by atoms with Crippen LogP contribution in [-0.2, 0) is 4.79 Å². The van der Waals surface area contributed by atoms with Crippen molar-refractivity contribution in [1.82, 2.24) is 0 Å².